The van der Waals surface area contributed by atoms with Crippen LogP contribution in [0, 0.1) is 5.82 Å². The van der Waals surface area contributed by atoms with Crippen LogP contribution in [-0.4, -0.2) is 27.3 Å². The van der Waals surface area contributed by atoms with E-state index in [0.717, 1.165) is 23.4 Å². The van der Waals surface area contributed by atoms with Gasteiger partial charge in [0.1, 0.15) is 16.5 Å². The standard InChI is InChI=1S/C27H24F4N4OS/c28-22-9-7-19(8-10-22)15-35(16-20-4-3-5-21(14-20)27(29,30)31)17-25-34-24(18-37-25)26(36)33-13-11-23-6-1-2-12-32-23/h1-10,12,14,18H,11,13,15-17H2,(H,33,36). The van der Waals surface area contributed by atoms with Crippen molar-refractivity contribution in [3.8, 4) is 0 Å². The first-order chi connectivity index (χ1) is 17.8. The zero-order chi connectivity index (χ0) is 26.3. The Morgan fingerprint density at radius 3 is 2.46 bits per heavy atom. The number of amides is 1. The van der Waals surface area contributed by atoms with Crippen molar-refractivity contribution in [1.82, 2.24) is 20.2 Å². The van der Waals surface area contributed by atoms with E-state index in [9.17, 15) is 22.4 Å². The lowest BCUT2D eigenvalue weighted by Crippen LogP contribution is -2.26. The van der Waals surface area contributed by atoms with Crippen LogP contribution >= 0.6 is 11.3 Å². The van der Waals surface area contributed by atoms with Gasteiger partial charge in [-0.25, -0.2) is 9.37 Å². The van der Waals surface area contributed by atoms with Gasteiger partial charge >= 0.3 is 6.18 Å². The zero-order valence-corrected chi connectivity index (χ0v) is 20.5. The molecule has 0 radical (unpaired) electrons. The summed E-state index contributed by atoms with van der Waals surface area (Å²) >= 11 is 1.30. The first-order valence-corrected chi connectivity index (χ1v) is 12.4. The van der Waals surface area contributed by atoms with E-state index in [1.54, 1.807) is 29.8 Å². The van der Waals surface area contributed by atoms with Crippen molar-refractivity contribution in [2.45, 2.75) is 32.2 Å². The molecule has 4 rings (SSSR count). The van der Waals surface area contributed by atoms with Crippen molar-refractivity contribution in [3.63, 3.8) is 0 Å². The Bertz CT molecular complexity index is 1310. The van der Waals surface area contributed by atoms with Crippen molar-refractivity contribution in [3.05, 3.63) is 117 Å². The third kappa shape index (κ3) is 7.93. The van der Waals surface area contributed by atoms with Crippen LogP contribution in [0.4, 0.5) is 17.6 Å². The highest BCUT2D eigenvalue weighted by Crippen LogP contribution is 2.30. The second-order valence-corrected chi connectivity index (χ2v) is 9.37. The van der Waals surface area contributed by atoms with Gasteiger partial charge in [-0.05, 0) is 41.5 Å². The third-order valence-corrected chi connectivity index (χ3v) is 6.35. The van der Waals surface area contributed by atoms with Crippen LogP contribution in [-0.2, 0) is 32.2 Å². The predicted molar refractivity (Wildman–Crippen MR) is 133 cm³/mol. The number of hydrogen-bond acceptors (Lipinski definition) is 5. The molecule has 0 aliphatic carbocycles. The highest BCUT2D eigenvalue weighted by atomic mass is 32.1. The van der Waals surface area contributed by atoms with E-state index in [1.165, 1.54) is 29.5 Å². The fraction of sp³-hybridized carbons (Fsp3) is 0.222. The molecule has 0 aliphatic heterocycles. The first-order valence-electron chi connectivity index (χ1n) is 11.5. The van der Waals surface area contributed by atoms with Crippen LogP contribution in [0.5, 0.6) is 0 Å². The van der Waals surface area contributed by atoms with Gasteiger partial charge in [-0.2, -0.15) is 13.2 Å². The van der Waals surface area contributed by atoms with Gasteiger partial charge in [0.05, 0.1) is 12.1 Å². The Balaban J connectivity index is 1.44. The lowest BCUT2D eigenvalue weighted by molar-refractivity contribution is -0.137. The van der Waals surface area contributed by atoms with E-state index < -0.39 is 11.7 Å². The van der Waals surface area contributed by atoms with Crippen LogP contribution < -0.4 is 5.32 Å². The number of carbonyl (C=O) groups is 1. The lowest BCUT2D eigenvalue weighted by Gasteiger charge is -2.22. The number of thiazole rings is 1. The summed E-state index contributed by atoms with van der Waals surface area (Å²) in [5.74, 6) is -0.673. The molecule has 0 saturated heterocycles. The van der Waals surface area contributed by atoms with Gasteiger partial charge in [-0.1, -0.05) is 36.4 Å². The minimum absolute atomic E-state index is 0.215. The maximum absolute atomic E-state index is 13.4. The molecule has 1 N–H and O–H groups in total. The summed E-state index contributed by atoms with van der Waals surface area (Å²) in [7, 11) is 0. The molecule has 0 aliphatic rings. The van der Waals surface area contributed by atoms with Gasteiger partial charge in [0, 0.05) is 43.3 Å². The fourth-order valence-corrected chi connectivity index (χ4v) is 4.56. The van der Waals surface area contributed by atoms with Gasteiger partial charge < -0.3 is 5.32 Å². The summed E-state index contributed by atoms with van der Waals surface area (Å²) in [5, 5.41) is 5.13. The molecule has 0 saturated carbocycles. The van der Waals surface area contributed by atoms with E-state index in [1.807, 2.05) is 23.1 Å². The molecule has 10 heteroatoms. The van der Waals surface area contributed by atoms with Crippen molar-refractivity contribution >= 4 is 17.2 Å². The predicted octanol–water partition coefficient (Wildman–Crippen LogP) is 5.87. The summed E-state index contributed by atoms with van der Waals surface area (Å²) in [5.41, 5.74) is 1.72. The molecule has 37 heavy (non-hydrogen) atoms. The number of nitrogens with zero attached hydrogens (tertiary/aromatic N) is 3. The number of rotatable bonds is 10. The quantitative estimate of drug-likeness (QED) is 0.262. The number of nitrogens with one attached hydrogen (secondary N) is 1. The molecule has 2 heterocycles. The first kappa shape index (κ1) is 26.4. The Labute approximate surface area is 215 Å². The number of halogens is 4. The summed E-state index contributed by atoms with van der Waals surface area (Å²) < 4.78 is 53.0. The molecular formula is C27H24F4N4OS. The van der Waals surface area contributed by atoms with E-state index >= 15 is 0 Å². The average Bonchev–Trinajstić information content (AvgIpc) is 3.34. The Hall–Kier alpha value is -3.63. The van der Waals surface area contributed by atoms with Gasteiger partial charge in [0.25, 0.3) is 5.91 Å². The lowest BCUT2D eigenvalue weighted by atomic mass is 10.1. The maximum Gasteiger partial charge on any atom is 0.416 e. The van der Waals surface area contributed by atoms with Crippen LogP contribution in [0.15, 0.2) is 78.3 Å². The molecule has 0 spiro atoms. The molecule has 5 nitrogen and oxygen atoms in total. The largest absolute Gasteiger partial charge is 0.416 e. The van der Waals surface area contributed by atoms with E-state index in [2.05, 4.69) is 15.3 Å². The second-order valence-electron chi connectivity index (χ2n) is 8.42. The maximum atomic E-state index is 13.4. The number of aromatic nitrogens is 2. The van der Waals surface area contributed by atoms with Crippen molar-refractivity contribution < 1.29 is 22.4 Å². The fourth-order valence-electron chi connectivity index (χ4n) is 3.74. The SMILES string of the molecule is O=C(NCCc1ccccn1)c1csc(CN(Cc2ccc(F)cc2)Cc2cccc(C(F)(F)F)c2)n1. The van der Waals surface area contributed by atoms with Gasteiger partial charge in [-0.15, -0.1) is 11.3 Å². The van der Waals surface area contributed by atoms with Crippen LogP contribution in [0.3, 0.4) is 0 Å². The number of hydrogen-bond donors (Lipinski definition) is 1. The Morgan fingerprint density at radius 2 is 1.73 bits per heavy atom. The van der Waals surface area contributed by atoms with Crippen molar-refractivity contribution in [2.75, 3.05) is 6.54 Å². The zero-order valence-electron chi connectivity index (χ0n) is 19.7. The van der Waals surface area contributed by atoms with E-state index in [-0.39, 0.29) is 24.0 Å². The van der Waals surface area contributed by atoms with E-state index in [0.29, 0.717) is 36.6 Å². The molecule has 0 bridgehead atoms. The van der Waals surface area contributed by atoms with Gasteiger partial charge in [-0.3, -0.25) is 14.7 Å². The number of benzene rings is 2. The van der Waals surface area contributed by atoms with E-state index in [4.69, 9.17) is 0 Å². The highest BCUT2D eigenvalue weighted by Gasteiger charge is 2.30. The average molecular weight is 529 g/mol. The Morgan fingerprint density at radius 1 is 0.946 bits per heavy atom. The Kier molecular flexibility index (Phi) is 8.62. The molecule has 2 aromatic carbocycles. The summed E-state index contributed by atoms with van der Waals surface area (Å²) in [4.78, 5) is 23.1. The smallest absolute Gasteiger partial charge is 0.350 e. The van der Waals surface area contributed by atoms with Gasteiger partial charge in [0.15, 0.2) is 0 Å². The topological polar surface area (TPSA) is 58.1 Å². The second kappa shape index (κ2) is 12.1. The molecule has 0 fully saturated rings. The number of alkyl halides is 3. The molecular weight excluding hydrogens is 504 g/mol. The molecule has 2 aromatic heterocycles. The number of carbonyl (C=O) groups excluding carboxylic acids is 1. The van der Waals surface area contributed by atoms with Crippen LogP contribution in [0.25, 0.3) is 0 Å². The van der Waals surface area contributed by atoms with Gasteiger partial charge in [0.2, 0.25) is 0 Å². The van der Waals surface area contributed by atoms with Crippen molar-refractivity contribution in [1.29, 1.82) is 0 Å². The minimum Gasteiger partial charge on any atom is -0.350 e. The molecule has 4 aromatic rings. The monoisotopic (exact) mass is 528 g/mol. The highest BCUT2D eigenvalue weighted by molar-refractivity contribution is 7.09. The molecule has 0 unspecified atom stereocenters. The molecule has 0 atom stereocenters. The van der Waals surface area contributed by atoms with Crippen LogP contribution in [0.2, 0.25) is 0 Å². The molecule has 192 valence electrons. The minimum atomic E-state index is -4.44. The summed E-state index contributed by atoms with van der Waals surface area (Å²) in [6.45, 7) is 1.29. The van der Waals surface area contributed by atoms with Crippen LogP contribution in [0.1, 0.15) is 37.9 Å². The normalized spacial score (nSPS) is 11.6. The summed E-state index contributed by atoms with van der Waals surface area (Å²) in [6, 6.07) is 16.7. The number of pyridine rings is 1. The molecule has 1 amide bonds. The summed E-state index contributed by atoms with van der Waals surface area (Å²) in [6.07, 6.45) is -2.15. The third-order valence-electron chi connectivity index (χ3n) is 5.52. The van der Waals surface area contributed by atoms with Crippen molar-refractivity contribution in [2.24, 2.45) is 0 Å².